The van der Waals surface area contributed by atoms with Crippen molar-refractivity contribution in [2.24, 2.45) is 0 Å². The first-order valence-corrected chi connectivity index (χ1v) is 9.95. The van der Waals surface area contributed by atoms with E-state index in [1.807, 2.05) is 41.8 Å². The lowest BCUT2D eigenvalue weighted by Gasteiger charge is -2.09. The number of para-hydroxylation sites is 1. The Labute approximate surface area is 176 Å². The van der Waals surface area contributed by atoms with Crippen molar-refractivity contribution in [3.05, 3.63) is 70.9 Å². The maximum absolute atomic E-state index is 12.9. The van der Waals surface area contributed by atoms with E-state index in [0.717, 1.165) is 22.7 Å². The number of carbonyl (C=O) groups is 2. The number of aromatic nitrogens is 2. The second-order valence-electron chi connectivity index (χ2n) is 6.52. The molecule has 0 aliphatic carbocycles. The molecule has 0 fully saturated rings. The summed E-state index contributed by atoms with van der Waals surface area (Å²) >= 11 is 1.29. The largest absolute Gasteiger partial charge is 0.497 e. The number of ether oxygens (including phenoxy) is 2. The number of nitrogens with zero attached hydrogens (tertiary/aromatic N) is 2. The van der Waals surface area contributed by atoms with Crippen molar-refractivity contribution in [1.29, 1.82) is 0 Å². The van der Waals surface area contributed by atoms with Crippen molar-refractivity contribution < 1.29 is 19.1 Å². The maximum atomic E-state index is 12.9. The van der Waals surface area contributed by atoms with Gasteiger partial charge in [0.25, 0.3) is 5.91 Å². The molecule has 0 saturated carbocycles. The average molecular weight is 421 g/mol. The standard InChI is InChI=1S/C22H19N3O4S/c1-13-19(20(26)23-17-7-5-4-6-16(17)21(27)29-3)30-22-24-18(12-25(13)22)14-8-10-15(28-2)11-9-14/h4-12H,1-3H3,(H,23,26). The second kappa shape index (κ2) is 8.00. The van der Waals surface area contributed by atoms with E-state index in [4.69, 9.17) is 9.47 Å². The Morgan fingerprint density at radius 3 is 2.47 bits per heavy atom. The van der Waals surface area contributed by atoms with Crippen molar-refractivity contribution in [2.75, 3.05) is 19.5 Å². The number of aryl methyl sites for hydroxylation is 1. The Morgan fingerprint density at radius 2 is 1.80 bits per heavy atom. The highest BCUT2D eigenvalue weighted by Crippen LogP contribution is 2.29. The molecule has 0 saturated heterocycles. The number of nitrogens with one attached hydrogen (secondary N) is 1. The van der Waals surface area contributed by atoms with E-state index in [0.29, 0.717) is 21.1 Å². The Bertz CT molecular complexity index is 1240. The van der Waals surface area contributed by atoms with Crippen LogP contribution in [0.4, 0.5) is 5.69 Å². The number of fused-ring (bicyclic) bond motifs is 1. The molecule has 0 bridgehead atoms. The number of imidazole rings is 1. The first-order chi connectivity index (χ1) is 14.5. The summed E-state index contributed by atoms with van der Waals surface area (Å²) in [5.41, 5.74) is 3.25. The van der Waals surface area contributed by atoms with Crippen LogP contribution in [0.2, 0.25) is 0 Å². The molecule has 2 aromatic heterocycles. The predicted molar refractivity (Wildman–Crippen MR) is 116 cm³/mol. The summed E-state index contributed by atoms with van der Waals surface area (Å²) in [6, 6.07) is 14.4. The van der Waals surface area contributed by atoms with E-state index in [1.54, 1.807) is 31.4 Å². The fraction of sp³-hybridized carbons (Fsp3) is 0.136. The molecule has 0 spiro atoms. The fourth-order valence-electron chi connectivity index (χ4n) is 3.12. The number of anilines is 1. The summed E-state index contributed by atoms with van der Waals surface area (Å²) in [6.45, 7) is 1.87. The molecule has 4 rings (SSSR count). The Balaban J connectivity index is 1.62. The van der Waals surface area contributed by atoms with Gasteiger partial charge in [-0.3, -0.25) is 9.20 Å². The van der Waals surface area contributed by atoms with Gasteiger partial charge in [-0.25, -0.2) is 9.78 Å². The molecule has 30 heavy (non-hydrogen) atoms. The van der Waals surface area contributed by atoms with Crippen LogP contribution in [0.1, 0.15) is 25.7 Å². The zero-order chi connectivity index (χ0) is 21.3. The van der Waals surface area contributed by atoms with Gasteiger partial charge < -0.3 is 14.8 Å². The number of benzene rings is 2. The third-order valence-corrected chi connectivity index (χ3v) is 5.88. The van der Waals surface area contributed by atoms with E-state index >= 15 is 0 Å². The van der Waals surface area contributed by atoms with Gasteiger partial charge >= 0.3 is 5.97 Å². The van der Waals surface area contributed by atoms with Crippen molar-refractivity contribution in [3.8, 4) is 17.0 Å². The number of amides is 1. The summed E-state index contributed by atoms with van der Waals surface area (Å²) in [4.78, 5) is 30.7. The Morgan fingerprint density at radius 1 is 1.07 bits per heavy atom. The molecular formula is C22H19N3O4S. The van der Waals surface area contributed by atoms with Crippen LogP contribution in [0.25, 0.3) is 16.2 Å². The SMILES string of the molecule is COC(=O)c1ccccc1NC(=O)c1sc2nc(-c3ccc(OC)cc3)cn2c1C. The van der Waals surface area contributed by atoms with Crippen LogP contribution in [0, 0.1) is 6.92 Å². The number of thiazole rings is 1. The third-order valence-electron chi connectivity index (χ3n) is 4.73. The van der Waals surface area contributed by atoms with E-state index in [9.17, 15) is 9.59 Å². The predicted octanol–water partition coefficient (Wildman–Crippen LogP) is 4.42. The molecule has 152 valence electrons. The smallest absolute Gasteiger partial charge is 0.339 e. The number of carbonyl (C=O) groups excluding carboxylic acids is 2. The molecule has 8 heteroatoms. The number of hydrogen-bond acceptors (Lipinski definition) is 6. The minimum Gasteiger partial charge on any atom is -0.497 e. The van der Waals surface area contributed by atoms with E-state index < -0.39 is 5.97 Å². The molecule has 1 amide bonds. The summed E-state index contributed by atoms with van der Waals surface area (Å²) in [5.74, 6) is -0.0276. The lowest BCUT2D eigenvalue weighted by molar-refractivity contribution is 0.0602. The average Bonchev–Trinajstić information content (AvgIpc) is 3.33. The van der Waals surface area contributed by atoms with Crippen LogP contribution in [0.5, 0.6) is 5.75 Å². The molecule has 4 aromatic rings. The van der Waals surface area contributed by atoms with Gasteiger partial charge in [0.1, 0.15) is 10.6 Å². The molecular weight excluding hydrogens is 402 g/mol. The van der Waals surface area contributed by atoms with Gasteiger partial charge in [-0.2, -0.15) is 0 Å². The van der Waals surface area contributed by atoms with Crippen molar-refractivity contribution in [1.82, 2.24) is 9.38 Å². The minimum atomic E-state index is -0.507. The van der Waals surface area contributed by atoms with Gasteiger partial charge in [0.05, 0.1) is 31.2 Å². The van der Waals surface area contributed by atoms with Crippen LogP contribution in [0.15, 0.2) is 54.7 Å². The zero-order valence-electron chi connectivity index (χ0n) is 16.6. The monoisotopic (exact) mass is 421 g/mol. The normalized spacial score (nSPS) is 10.8. The molecule has 7 nitrogen and oxygen atoms in total. The van der Waals surface area contributed by atoms with Gasteiger partial charge in [-0.05, 0) is 43.3 Å². The number of methoxy groups -OCH3 is 2. The first kappa shape index (κ1) is 19.7. The molecule has 2 heterocycles. The Kier molecular flexibility index (Phi) is 5.24. The van der Waals surface area contributed by atoms with E-state index in [2.05, 4.69) is 10.3 Å². The lowest BCUT2D eigenvalue weighted by atomic mass is 10.1. The molecule has 0 aliphatic rings. The first-order valence-electron chi connectivity index (χ1n) is 9.13. The van der Waals surface area contributed by atoms with Gasteiger partial charge in [0.2, 0.25) is 0 Å². The van der Waals surface area contributed by atoms with Crippen molar-refractivity contribution in [2.45, 2.75) is 6.92 Å². The topological polar surface area (TPSA) is 81.9 Å². The number of esters is 1. The van der Waals surface area contributed by atoms with Crippen LogP contribution in [-0.4, -0.2) is 35.5 Å². The van der Waals surface area contributed by atoms with Crippen molar-refractivity contribution >= 4 is 33.9 Å². The maximum Gasteiger partial charge on any atom is 0.339 e. The molecule has 0 radical (unpaired) electrons. The van der Waals surface area contributed by atoms with Crippen LogP contribution in [0.3, 0.4) is 0 Å². The highest BCUT2D eigenvalue weighted by Gasteiger charge is 2.20. The van der Waals surface area contributed by atoms with Gasteiger partial charge in [0.15, 0.2) is 4.96 Å². The van der Waals surface area contributed by atoms with Crippen LogP contribution >= 0.6 is 11.3 Å². The van der Waals surface area contributed by atoms with Gasteiger partial charge in [0, 0.05) is 17.5 Å². The molecule has 0 aliphatic heterocycles. The highest BCUT2D eigenvalue weighted by molar-refractivity contribution is 7.19. The third kappa shape index (κ3) is 3.53. The lowest BCUT2D eigenvalue weighted by Crippen LogP contribution is -2.15. The van der Waals surface area contributed by atoms with Crippen molar-refractivity contribution in [3.63, 3.8) is 0 Å². The Hall–Kier alpha value is -3.65. The quantitative estimate of drug-likeness (QED) is 0.483. The molecule has 0 atom stereocenters. The van der Waals surface area contributed by atoms with E-state index in [1.165, 1.54) is 18.4 Å². The summed E-state index contributed by atoms with van der Waals surface area (Å²) < 4.78 is 11.9. The van der Waals surface area contributed by atoms with Crippen LogP contribution < -0.4 is 10.1 Å². The fourth-order valence-corrected chi connectivity index (χ4v) is 4.13. The van der Waals surface area contributed by atoms with Gasteiger partial charge in [-0.15, -0.1) is 0 Å². The zero-order valence-corrected chi connectivity index (χ0v) is 17.4. The van der Waals surface area contributed by atoms with Crippen LogP contribution in [-0.2, 0) is 4.74 Å². The highest BCUT2D eigenvalue weighted by atomic mass is 32.1. The number of rotatable bonds is 5. The number of hydrogen-bond donors (Lipinski definition) is 1. The summed E-state index contributed by atoms with van der Waals surface area (Å²) in [6.07, 6.45) is 1.90. The second-order valence-corrected chi connectivity index (χ2v) is 7.49. The minimum absolute atomic E-state index is 0.300. The molecule has 2 aromatic carbocycles. The van der Waals surface area contributed by atoms with E-state index in [-0.39, 0.29) is 5.91 Å². The molecule has 0 unspecified atom stereocenters. The summed E-state index contributed by atoms with van der Waals surface area (Å²) in [7, 11) is 2.93. The molecule has 1 N–H and O–H groups in total. The van der Waals surface area contributed by atoms with Gasteiger partial charge in [-0.1, -0.05) is 23.5 Å². The summed E-state index contributed by atoms with van der Waals surface area (Å²) in [5, 5.41) is 2.81.